The topological polar surface area (TPSA) is 125 Å². The fourth-order valence-electron chi connectivity index (χ4n) is 1.91. The second-order valence-electron chi connectivity index (χ2n) is 5.16. The quantitative estimate of drug-likeness (QED) is 0.191. The third kappa shape index (κ3) is 5.12. The molecular formula is C12H14F5N2O7S-. The lowest BCUT2D eigenvalue weighted by Crippen LogP contribution is -2.65. The Labute approximate surface area is 149 Å². The fourth-order valence-corrected chi connectivity index (χ4v) is 2.12. The summed E-state index contributed by atoms with van der Waals surface area (Å²) in [5, 5.41) is -2.62. The van der Waals surface area contributed by atoms with E-state index in [1.165, 1.54) is 0 Å². The fraction of sp³-hybridized carbons (Fsp3) is 0.667. The Hall–Kier alpha value is -1.84. The van der Waals surface area contributed by atoms with Crippen molar-refractivity contribution in [2.75, 3.05) is 32.8 Å². The number of rotatable bonds is 7. The molecule has 1 amide bonds. The normalized spacial score (nSPS) is 18.5. The zero-order chi connectivity index (χ0) is 21.1. The van der Waals surface area contributed by atoms with E-state index in [1.54, 1.807) is 0 Å². The monoisotopic (exact) mass is 425 g/mol. The molecule has 9 nitrogen and oxygen atoms in total. The summed E-state index contributed by atoms with van der Waals surface area (Å²) in [7, 11) is -6.43. The zero-order valence-electron chi connectivity index (χ0n) is 13.4. The minimum atomic E-state index is -6.43. The van der Waals surface area contributed by atoms with Crippen LogP contribution in [0.5, 0.6) is 0 Å². The molecule has 0 spiro atoms. The molecule has 156 valence electrons. The van der Waals surface area contributed by atoms with Crippen molar-refractivity contribution in [1.82, 2.24) is 10.2 Å². The standard InChI is InChI=1S/C12H15F5N2O7S/c1-2-8(20)26-11(12(15,16)17,9(21)19-5-3-18-4-6-19)25-7-10(13,14)27(22,23)24/h2,18H,1,3-7H2,(H,22,23,24)/p-1. The van der Waals surface area contributed by atoms with E-state index in [2.05, 4.69) is 21.4 Å². The van der Waals surface area contributed by atoms with Gasteiger partial charge in [-0.05, 0) is 0 Å². The number of nitrogens with zero attached hydrogens (tertiary/aromatic N) is 1. The average Bonchev–Trinajstić information content (AvgIpc) is 2.56. The predicted molar refractivity (Wildman–Crippen MR) is 75.1 cm³/mol. The highest BCUT2D eigenvalue weighted by Crippen LogP contribution is 2.38. The minimum absolute atomic E-state index is 0.0418. The van der Waals surface area contributed by atoms with Crippen LogP contribution in [0.3, 0.4) is 0 Å². The van der Waals surface area contributed by atoms with E-state index in [0.29, 0.717) is 4.90 Å². The van der Waals surface area contributed by atoms with Crippen LogP contribution in [0.2, 0.25) is 0 Å². The molecule has 1 rings (SSSR count). The maximum Gasteiger partial charge on any atom is 0.466 e. The van der Waals surface area contributed by atoms with Gasteiger partial charge in [-0.15, -0.1) is 0 Å². The van der Waals surface area contributed by atoms with E-state index < -0.39 is 45.8 Å². The lowest BCUT2D eigenvalue weighted by molar-refractivity contribution is -0.355. The number of nitrogens with one attached hydrogen (secondary N) is 1. The summed E-state index contributed by atoms with van der Waals surface area (Å²) in [4.78, 5) is 24.2. The van der Waals surface area contributed by atoms with Crippen LogP contribution in [0.1, 0.15) is 0 Å². The van der Waals surface area contributed by atoms with Crippen LogP contribution >= 0.6 is 0 Å². The Morgan fingerprint density at radius 2 is 1.70 bits per heavy atom. The van der Waals surface area contributed by atoms with Crippen molar-refractivity contribution in [3.63, 3.8) is 0 Å². The summed E-state index contributed by atoms with van der Waals surface area (Å²) in [5.41, 5.74) is 0. The molecule has 1 aliphatic rings. The second-order valence-corrected chi connectivity index (χ2v) is 6.67. The Balaban J connectivity index is 3.36. The Kier molecular flexibility index (Phi) is 6.90. The number of carbonyl (C=O) groups excluding carboxylic acids is 2. The molecule has 1 N–H and O–H groups in total. The van der Waals surface area contributed by atoms with Gasteiger partial charge in [0.25, 0.3) is 0 Å². The highest BCUT2D eigenvalue weighted by Gasteiger charge is 2.68. The third-order valence-electron chi connectivity index (χ3n) is 3.28. The number of piperazine rings is 1. The van der Waals surface area contributed by atoms with Gasteiger partial charge in [-0.3, -0.25) is 4.79 Å². The van der Waals surface area contributed by atoms with E-state index in [-0.39, 0.29) is 32.3 Å². The number of hydrogen-bond donors (Lipinski definition) is 1. The van der Waals surface area contributed by atoms with Gasteiger partial charge in [-0.2, -0.15) is 22.0 Å². The van der Waals surface area contributed by atoms with Crippen molar-refractivity contribution in [2.45, 2.75) is 17.2 Å². The summed E-state index contributed by atoms with van der Waals surface area (Å²) in [6.45, 7) is -0.411. The van der Waals surface area contributed by atoms with Crippen LogP contribution in [0, 0.1) is 0 Å². The molecule has 1 unspecified atom stereocenters. The molecule has 1 saturated heterocycles. The minimum Gasteiger partial charge on any atom is -0.743 e. The number of halogens is 5. The molecule has 0 bridgehead atoms. The summed E-state index contributed by atoms with van der Waals surface area (Å²) in [5.74, 6) is -8.51. The lowest BCUT2D eigenvalue weighted by Gasteiger charge is -2.38. The molecule has 0 radical (unpaired) electrons. The van der Waals surface area contributed by atoms with Crippen molar-refractivity contribution in [1.29, 1.82) is 0 Å². The van der Waals surface area contributed by atoms with Crippen LogP contribution in [0.15, 0.2) is 12.7 Å². The summed E-state index contributed by atoms with van der Waals surface area (Å²) in [6.07, 6.45) is -5.69. The molecule has 1 fully saturated rings. The first kappa shape index (κ1) is 23.2. The molecule has 27 heavy (non-hydrogen) atoms. The first-order valence-corrected chi connectivity index (χ1v) is 8.48. The summed E-state index contributed by atoms with van der Waals surface area (Å²) < 4.78 is 106. The van der Waals surface area contributed by atoms with Gasteiger partial charge in [0, 0.05) is 32.3 Å². The van der Waals surface area contributed by atoms with E-state index in [1.807, 2.05) is 0 Å². The molecule has 1 atom stereocenters. The molecule has 1 heterocycles. The molecule has 0 aromatic carbocycles. The van der Waals surface area contributed by atoms with Gasteiger partial charge in [0.15, 0.2) is 10.1 Å². The number of hydrogen-bond acceptors (Lipinski definition) is 8. The number of carbonyl (C=O) groups is 2. The van der Waals surface area contributed by atoms with Gasteiger partial charge in [-0.25, -0.2) is 13.2 Å². The van der Waals surface area contributed by atoms with Crippen LogP contribution in [0.25, 0.3) is 0 Å². The summed E-state index contributed by atoms with van der Waals surface area (Å²) in [6, 6.07) is 0. The Morgan fingerprint density at radius 1 is 1.19 bits per heavy atom. The number of esters is 1. The van der Waals surface area contributed by atoms with Crippen molar-refractivity contribution in [2.24, 2.45) is 0 Å². The van der Waals surface area contributed by atoms with E-state index in [9.17, 15) is 44.5 Å². The molecular weight excluding hydrogens is 411 g/mol. The molecule has 0 aromatic heterocycles. The second kappa shape index (κ2) is 8.04. The largest absolute Gasteiger partial charge is 0.743 e. The van der Waals surface area contributed by atoms with Gasteiger partial charge in [0.05, 0.1) is 0 Å². The van der Waals surface area contributed by atoms with Crippen molar-refractivity contribution < 1.29 is 54.0 Å². The van der Waals surface area contributed by atoms with Gasteiger partial charge in [0.2, 0.25) is 0 Å². The van der Waals surface area contributed by atoms with Crippen LogP contribution in [-0.2, 0) is 29.2 Å². The molecule has 0 saturated carbocycles. The average molecular weight is 425 g/mol. The lowest BCUT2D eigenvalue weighted by atomic mass is 10.2. The molecule has 0 aliphatic carbocycles. The number of ether oxygens (including phenoxy) is 2. The maximum atomic E-state index is 13.6. The van der Waals surface area contributed by atoms with Crippen LogP contribution < -0.4 is 5.32 Å². The Morgan fingerprint density at radius 3 is 2.11 bits per heavy atom. The van der Waals surface area contributed by atoms with E-state index >= 15 is 0 Å². The van der Waals surface area contributed by atoms with Gasteiger partial charge in [-0.1, -0.05) is 6.58 Å². The van der Waals surface area contributed by atoms with Crippen molar-refractivity contribution >= 4 is 22.0 Å². The van der Waals surface area contributed by atoms with Crippen molar-refractivity contribution in [3.8, 4) is 0 Å². The first-order valence-electron chi connectivity index (χ1n) is 7.07. The van der Waals surface area contributed by atoms with Crippen LogP contribution in [-0.4, -0.2) is 79.8 Å². The summed E-state index contributed by atoms with van der Waals surface area (Å²) >= 11 is 0. The SMILES string of the molecule is C=CC(=O)OC(OCC(F)(F)S(=O)(=O)[O-])(C(=O)N1CCNCC1)C(F)(F)F. The maximum absolute atomic E-state index is 13.6. The van der Waals surface area contributed by atoms with Gasteiger partial charge in [0.1, 0.15) is 6.61 Å². The van der Waals surface area contributed by atoms with Gasteiger partial charge < -0.3 is 24.2 Å². The number of amides is 1. The first-order chi connectivity index (χ1) is 12.2. The smallest absolute Gasteiger partial charge is 0.466 e. The van der Waals surface area contributed by atoms with E-state index in [4.69, 9.17) is 0 Å². The molecule has 1 aliphatic heterocycles. The molecule has 0 aromatic rings. The van der Waals surface area contributed by atoms with E-state index in [0.717, 1.165) is 0 Å². The zero-order valence-corrected chi connectivity index (χ0v) is 14.2. The predicted octanol–water partition coefficient (Wildman–Crippen LogP) is -0.439. The highest BCUT2D eigenvalue weighted by atomic mass is 32.2. The number of alkyl halides is 5. The van der Waals surface area contributed by atoms with Gasteiger partial charge >= 0.3 is 29.1 Å². The third-order valence-corrected chi connectivity index (χ3v) is 4.13. The Bertz CT molecular complexity index is 691. The van der Waals surface area contributed by atoms with Crippen LogP contribution in [0.4, 0.5) is 22.0 Å². The van der Waals surface area contributed by atoms with Crippen molar-refractivity contribution in [3.05, 3.63) is 12.7 Å². The highest BCUT2D eigenvalue weighted by molar-refractivity contribution is 7.86. The molecule has 15 heteroatoms.